The lowest BCUT2D eigenvalue weighted by atomic mass is 10.0. The first-order valence-corrected chi connectivity index (χ1v) is 8.40. The quantitative estimate of drug-likeness (QED) is 0.887. The van der Waals surface area contributed by atoms with Crippen molar-refractivity contribution in [1.29, 1.82) is 0 Å². The van der Waals surface area contributed by atoms with Gasteiger partial charge in [-0.2, -0.15) is 4.31 Å². The number of carboxylic acids is 1. The smallest absolute Gasteiger partial charge is 0.339 e. The Hall–Kier alpha value is -1.60. The fourth-order valence-electron chi connectivity index (χ4n) is 2.68. The molecule has 0 spiro atoms. The number of piperidine rings is 1. The van der Waals surface area contributed by atoms with Crippen LogP contribution in [0.15, 0.2) is 23.1 Å². The highest BCUT2D eigenvalue weighted by Crippen LogP contribution is 2.29. The highest BCUT2D eigenvalue weighted by Gasteiger charge is 2.33. The van der Waals surface area contributed by atoms with E-state index < -0.39 is 27.3 Å². The van der Waals surface area contributed by atoms with Crippen LogP contribution in [0.1, 0.15) is 43.0 Å². The minimum absolute atomic E-state index is 0.0502. The van der Waals surface area contributed by atoms with Gasteiger partial charge in [-0.05, 0) is 37.5 Å². The molecule has 0 radical (unpaired) electrons. The zero-order valence-corrected chi connectivity index (χ0v) is 12.6. The Morgan fingerprint density at radius 2 is 2.10 bits per heavy atom. The summed E-state index contributed by atoms with van der Waals surface area (Å²) in [5, 5.41) is 18.5. The molecule has 2 N–H and O–H groups in total. The van der Waals surface area contributed by atoms with E-state index in [1.807, 2.05) is 6.92 Å². The molecule has 0 bridgehead atoms. The van der Waals surface area contributed by atoms with Crippen molar-refractivity contribution in [3.63, 3.8) is 0 Å². The Kier molecular flexibility index (Phi) is 4.53. The van der Waals surface area contributed by atoms with E-state index in [9.17, 15) is 18.3 Å². The Labute approximate surface area is 124 Å². The monoisotopic (exact) mass is 313 g/mol. The van der Waals surface area contributed by atoms with Gasteiger partial charge >= 0.3 is 5.97 Å². The summed E-state index contributed by atoms with van der Waals surface area (Å²) in [7, 11) is -3.74. The molecule has 0 aromatic heterocycles. The van der Waals surface area contributed by atoms with Crippen molar-refractivity contribution in [2.45, 2.75) is 43.5 Å². The van der Waals surface area contributed by atoms with Gasteiger partial charge in [-0.25, -0.2) is 13.2 Å². The fourth-order valence-corrected chi connectivity index (χ4v) is 4.47. The molecule has 1 fully saturated rings. The predicted octanol–water partition coefficient (Wildman–Crippen LogP) is 2.04. The van der Waals surface area contributed by atoms with Crippen molar-refractivity contribution in [2.24, 2.45) is 0 Å². The normalized spacial score (nSPS) is 20.3. The summed E-state index contributed by atoms with van der Waals surface area (Å²) in [4.78, 5) is 10.9. The van der Waals surface area contributed by atoms with E-state index in [-0.39, 0.29) is 10.9 Å². The molecule has 116 valence electrons. The molecule has 1 atom stereocenters. The number of aromatic hydroxyl groups is 1. The molecule has 1 saturated heterocycles. The number of carbonyl (C=O) groups is 1. The Morgan fingerprint density at radius 3 is 2.71 bits per heavy atom. The summed E-state index contributed by atoms with van der Waals surface area (Å²) in [6.45, 7) is 2.39. The SMILES string of the molecule is CC[C@@H]1CCCCN1S(=O)(=O)c1ccc(O)c(C(=O)O)c1. The first-order valence-electron chi connectivity index (χ1n) is 6.96. The summed E-state index contributed by atoms with van der Waals surface area (Å²) in [5.74, 6) is -1.79. The van der Waals surface area contributed by atoms with Crippen LogP contribution in [-0.2, 0) is 10.0 Å². The van der Waals surface area contributed by atoms with Crippen LogP contribution >= 0.6 is 0 Å². The molecular formula is C14H19NO5S. The third kappa shape index (κ3) is 3.03. The van der Waals surface area contributed by atoms with Crippen LogP contribution in [0.5, 0.6) is 5.75 Å². The molecule has 1 aliphatic heterocycles. The second-order valence-electron chi connectivity index (χ2n) is 5.16. The molecule has 0 unspecified atom stereocenters. The molecule has 0 amide bonds. The van der Waals surface area contributed by atoms with E-state index in [4.69, 9.17) is 5.11 Å². The molecule has 6 nitrogen and oxygen atoms in total. The van der Waals surface area contributed by atoms with Crippen LogP contribution in [0, 0.1) is 0 Å². The van der Waals surface area contributed by atoms with E-state index >= 15 is 0 Å². The number of carboxylic acid groups (broad SMARTS) is 1. The van der Waals surface area contributed by atoms with Gasteiger partial charge < -0.3 is 10.2 Å². The van der Waals surface area contributed by atoms with Crippen molar-refractivity contribution < 1.29 is 23.4 Å². The molecular weight excluding hydrogens is 294 g/mol. The minimum atomic E-state index is -3.74. The van der Waals surface area contributed by atoms with Gasteiger partial charge in [0.25, 0.3) is 0 Å². The molecule has 1 aromatic rings. The summed E-state index contributed by atoms with van der Waals surface area (Å²) >= 11 is 0. The molecule has 1 aliphatic rings. The van der Waals surface area contributed by atoms with Gasteiger partial charge in [0.1, 0.15) is 11.3 Å². The van der Waals surface area contributed by atoms with Crippen molar-refractivity contribution in [1.82, 2.24) is 4.31 Å². The molecule has 21 heavy (non-hydrogen) atoms. The van der Waals surface area contributed by atoms with Gasteiger partial charge in [0.05, 0.1) is 4.90 Å². The average Bonchev–Trinajstić information content (AvgIpc) is 2.47. The molecule has 0 aliphatic carbocycles. The van der Waals surface area contributed by atoms with E-state index in [0.29, 0.717) is 6.54 Å². The number of hydrogen-bond donors (Lipinski definition) is 2. The number of benzene rings is 1. The van der Waals surface area contributed by atoms with E-state index in [1.54, 1.807) is 0 Å². The number of aromatic carboxylic acids is 1. The first-order chi connectivity index (χ1) is 9.87. The molecule has 0 saturated carbocycles. The minimum Gasteiger partial charge on any atom is -0.507 e. The van der Waals surface area contributed by atoms with Crippen molar-refractivity contribution in [3.8, 4) is 5.75 Å². The Morgan fingerprint density at radius 1 is 1.38 bits per heavy atom. The van der Waals surface area contributed by atoms with Gasteiger partial charge in [-0.15, -0.1) is 0 Å². The molecule has 1 aromatic carbocycles. The van der Waals surface area contributed by atoms with Gasteiger partial charge in [0.2, 0.25) is 10.0 Å². The van der Waals surface area contributed by atoms with Crippen LogP contribution < -0.4 is 0 Å². The van der Waals surface area contributed by atoms with E-state index in [2.05, 4.69) is 0 Å². The van der Waals surface area contributed by atoms with Crippen molar-refractivity contribution in [3.05, 3.63) is 23.8 Å². The van der Waals surface area contributed by atoms with Gasteiger partial charge in [-0.3, -0.25) is 0 Å². The van der Waals surface area contributed by atoms with Crippen molar-refractivity contribution in [2.75, 3.05) is 6.54 Å². The van der Waals surface area contributed by atoms with Crippen molar-refractivity contribution >= 4 is 16.0 Å². The maximum absolute atomic E-state index is 12.7. The lowest BCUT2D eigenvalue weighted by Crippen LogP contribution is -2.43. The first kappa shape index (κ1) is 15.8. The zero-order valence-electron chi connectivity index (χ0n) is 11.8. The Bertz CT molecular complexity index is 641. The van der Waals surface area contributed by atoms with E-state index in [0.717, 1.165) is 37.8 Å². The number of rotatable bonds is 4. The van der Waals surface area contributed by atoms with Gasteiger partial charge in [0.15, 0.2) is 0 Å². The molecule has 2 rings (SSSR count). The lowest BCUT2D eigenvalue weighted by Gasteiger charge is -2.34. The van der Waals surface area contributed by atoms with E-state index in [1.165, 1.54) is 10.4 Å². The highest BCUT2D eigenvalue weighted by molar-refractivity contribution is 7.89. The summed E-state index contributed by atoms with van der Waals surface area (Å²) in [6, 6.07) is 3.33. The maximum Gasteiger partial charge on any atom is 0.339 e. The fraction of sp³-hybridized carbons (Fsp3) is 0.500. The third-order valence-corrected chi connectivity index (χ3v) is 5.80. The average molecular weight is 313 g/mol. The summed E-state index contributed by atoms with van der Waals surface area (Å²) < 4.78 is 26.8. The number of hydrogen-bond acceptors (Lipinski definition) is 4. The second-order valence-corrected chi connectivity index (χ2v) is 7.05. The number of sulfonamides is 1. The van der Waals surface area contributed by atoms with Gasteiger partial charge in [0, 0.05) is 12.6 Å². The highest BCUT2D eigenvalue weighted by atomic mass is 32.2. The van der Waals surface area contributed by atoms with Crippen LogP contribution in [-0.4, -0.2) is 41.5 Å². The predicted molar refractivity (Wildman–Crippen MR) is 76.9 cm³/mol. The van der Waals surface area contributed by atoms with Crippen LogP contribution in [0.4, 0.5) is 0 Å². The number of phenols is 1. The topological polar surface area (TPSA) is 94.9 Å². The van der Waals surface area contributed by atoms with Gasteiger partial charge in [-0.1, -0.05) is 13.3 Å². The Balaban J connectivity index is 2.43. The van der Waals surface area contributed by atoms with Crippen LogP contribution in [0.25, 0.3) is 0 Å². The second kappa shape index (κ2) is 6.03. The summed E-state index contributed by atoms with van der Waals surface area (Å²) in [6.07, 6.45) is 3.35. The summed E-state index contributed by atoms with van der Waals surface area (Å²) in [5.41, 5.74) is -0.402. The number of nitrogens with zero attached hydrogens (tertiary/aromatic N) is 1. The van der Waals surface area contributed by atoms with Crippen LogP contribution in [0.2, 0.25) is 0 Å². The maximum atomic E-state index is 12.7. The third-order valence-electron chi connectivity index (χ3n) is 3.85. The largest absolute Gasteiger partial charge is 0.507 e. The molecule has 1 heterocycles. The molecule has 7 heteroatoms. The lowest BCUT2D eigenvalue weighted by molar-refractivity contribution is 0.0693. The zero-order chi connectivity index (χ0) is 15.6. The standard InChI is InChI=1S/C14H19NO5S/c1-2-10-5-3-4-8-15(10)21(19,20)11-6-7-13(16)12(9-11)14(17)18/h6-7,9-10,16H,2-5,8H2,1H3,(H,17,18)/t10-/m1/s1. The van der Waals surface area contributed by atoms with Crippen LogP contribution in [0.3, 0.4) is 0 Å².